The lowest BCUT2D eigenvalue weighted by atomic mass is 10.2. The van der Waals surface area contributed by atoms with Gasteiger partial charge >= 0.3 is 6.09 Å². The van der Waals surface area contributed by atoms with Crippen molar-refractivity contribution in [2.24, 2.45) is 0 Å². The lowest BCUT2D eigenvalue weighted by Gasteiger charge is -2.21. The number of carbonyl (C=O) groups is 1. The summed E-state index contributed by atoms with van der Waals surface area (Å²) in [4.78, 5) is 13.7. The van der Waals surface area contributed by atoms with Crippen molar-refractivity contribution < 1.29 is 14.3 Å². The maximum Gasteiger partial charge on any atom is 0.407 e. The van der Waals surface area contributed by atoms with Gasteiger partial charge in [-0.15, -0.1) is 0 Å². The van der Waals surface area contributed by atoms with E-state index < -0.39 is 5.60 Å². The fraction of sp³-hybridized carbons (Fsp3) is 0.562. The van der Waals surface area contributed by atoms with Crippen LogP contribution in [0.2, 0.25) is 0 Å². The van der Waals surface area contributed by atoms with Crippen molar-refractivity contribution >= 4 is 27.7 Å². The molecule has 1 amide bonds. The summed E-state index contributed by atoms with van der Waals surface area (Å²) >= 11 is 3.47. The van der Waals surface area contributed by atoms with E-state index in [1.807, 2.05) is 46.0 Å². The first kappa shape index (κ1) is 16.9. The molecule has 0 spiro atoms. The molecule has 1 aliphatic rings. The highest BCUT2D eigenvalue weighted by Gasteiger charge is 2.27. The van der Waals surface area contributed by atoms with Crippen LogP contribution in [0.15, 0.2) is 22.7 Å². The largest absolute Gasteiger partial charge is 0.468 e. The fourth-order valence-electron chi connectivity index (χ4n) is 2.28. The van der Waals surface area contributed by atoms with Crippen LogP contribution >= 0.6 is 15.9 Å². The Morgan fingerprint density at radius 2 is 2.18 bits per heavy atom. The number of hydrogen-bond acceptors (Lipinski definition) is 4. The minimum absolute atomic E-state index is 0.00439. The predicted octanol–water partition coefficient (Wildman–Crippen LogP) is 3.91. The number of amides is 1. The van der Waals surface area contributed by atoms with Crippen LogP contribution in [0.1, 0.15) is 33.6 Å². The molecule has 1 aromatic rings. The topological polar surface area (TPSA) is 50.8 Å². The van der Waals surface area contributed by atoms with Crippen molar-refractivity contribution in [2.45, 2.75) is 45.4 Å². The number of carbonyl (C=O) groups excluding carboxylic acids is 1. The van der Waals surface area contributed by atoms with Gasteiger partial charge in [-0.05, 0) is 45.4 Å². The average Bonchev–Trinajstić information content (AvgIpc) is 2.70. The summed E-state index contributed by atoms with van der Waals surface area (Å²) in [7, 11) is 2.02. The highest BCUT2D eigenvalue weighted by Crippen LogP contribution is 2.38. The van der Waals surface area contributed by atoms with Gasteiger partial charge in [-0.25, -0.2) is 4.79 Å². The van der Waals surface area contributed by atoms with E-state index >= 15 is 0 Å². The summed E-state index contributed by atoms with van der Waals surface area (Å²) in [5.74, 6) is 0.899. The number of hydrogen-bond donors (Lipinski definition) is 1. The van der Waals surface area contributed by atoms with Gasteiger partial charge in [-0.3, -0.25) is 0 Å². The van der Waals surface area contributed by atoms with E-state index in [9.17, 15) is 4.79 Å². The molecule has 5 nitrogen and oxygen atoms in total. The lowest BCUT2D eigenvalue weighted by molar-refractivity contribution is 0.0525. The molecule has 0 radical (unpaired) electrons. The quantitative estimate of drug-likeness (QED) is 0.816. The van der Waals surface area contributed by atoms with E-state index in [-0.39, 0.29) is 12.3 Å². The Kier molecular flexibility index (Phi) is 5.21. The van der Waals surface area contributed by atoms with Crippen LogP contribution in [-0.4, -0.2) is 31.5 Å². The number of nitrogens with one attached hydrogen (secondary N) is 1. The van der Waals surface area contributed by atoms with Gasteiger partial charge in [-0.1, -0.05) is 15.9 Å². The van der Waals surface area contributed by atoms with Gasteiger partial charge in [0.25, 0.3) is 0 Å². The highest BCUT2D eigenvalue weighted by atomic mass is 79.9. The lowest BCUT2D eigenvalue weighted by Crippen LogP contribution is -2.35. The van der Waals surface area contributed by atoms with Gasteiger partial charge in [-0.2, -0.15) is 0 Å². The number of alkyl carbamates (subject to hydrolysis) is 1. The molecule has 0 bridgehead atoms. The molecule has 0 aromatic heterocycles. The van der Waals surface area contributed by atoms with Crippen molar-refractivity contribution in [3.63, 3.8) is 0 Å². The first-order valence-corrected chi connectivity index (χ1v) is 8.21. The van der Waals surface area contributed by atoms with Gasteiger partial charge in [0, 0.05) is 24.5 Å². The van der Waals surface area contributed by atoms with Crippen LogP contribution in [0.5, 0.6) is 5.75 Å². The summed E-state index contributed by atoms with van der Waals surface area (Å²) in [5.41, 5.74) is 0.618. The van der Waals surface area contributed by atoms with Crippen LogP contribution in [0.3, 0.4) is 0 Å². The third-order valence-electron chi connectivity index (χ3n) is 3.29. The molecule has 1 aromatic carbocycles. The van der Waals surface area contributed by atoms with Crippen LogP contribution in [-0.2, 0) is 4.74 Å². The van der Waals surface area contributed by atoms with Gasteiger partial charge in [0.05, 0.1) is 5.69 Å². The summed E-state index contributed by atoms with van der Waals surface area (Å²) < 4.78 is 12.2. The number of rotatable bonds is 4. The summed E-state index contributed by atoms with van der Waals surface area (Å²) in [6.45, 7) is 6.12. The molecule has 1 aliphatic heterocycles. The molecular formula is C16H23BrN2O3. The molecule has 22 heavy (non-hydrogen) atoms. The first-order chi connectivity index (χ1) is 10.3. The minimum atomic E-state index is -0.464. The first-order valence-electron chi connectivity index (χ1n) is 7.42. The Balaban J connectivity index is 1.74. The Labute approximate surface area is 140 Å². The molecule has 6 heteroatoms. The molecule has 1 heterocycles. The smallest absolute Gasteiger partial charge is 0.407 e. The second kappa shape index (κ2) is 6.77. The van der Waals surface area contributed by atoms with Gasteiger partial charge in [0.1, 0.15) is 11.4 Å². The standard InChI is InChI=1S/C16H23BrN2O3/c1-16(2,3)22-15(20)18-9-5-6-14-19(4)12-10-11(17)7-8-13(12)21-14/h7-8,10,14H,5-6,9H2,1-4H3,(H,18,20). The summed E-state index contributed by atoms with van der Waals surface area (Å²) in [5, 5.41) is 2.77. The monoisotopic (exact) mass is 370 g/mol. The fourth-order valence-corrected chi connectivity index (χ4v) is 2.63. The van der Waals surface area contributed by atoms with E-state index in [0.29, 0.717) is 6.54 Å². The average molecular weight is 371 g/mol. The van der Waals surface area contributed by atoms with Crippen LogP contribution in [0, 0.1) is 0 Å². The molecule has 0 fully saturated rings. The predicted molar refractivity (Wildman–Crippen MR) is 90.4 cm³/mol. The molecule has 1 atom stereocenters. The third kappa shape index (κ3) is 4.53. The molecule has 122 valence electrons. The van der Waals surface area contributed by atoms with Crippen LogP contribution < -0.4 is 15.0 Å². The van der Waals surface area contributed by atoms with Gasteiger partial charge in [0.15, 0.2) is 6.23 Å². The van der Waals surface area contributed by atoms with Crippen LogP contribution in [0.4, 0.5) is 10.5 Å². The van der Waals surface area contributed by atoms with Gasteiger partial charge < -0.3 is 19.7 Å². The number of ether oxygens (including phenoxy) is 2. The zero-order chi connectivity index (χ0) is 16.3. The summed E-state index contributed by atoms with van der Waals surface area (Å²) in [6, 6.07) is 5.99. The zero-order valence-corrected chi connectivity index (χ0v) is 15.1. The highest BCUT2D eigenvalue weighted by molar-refractivity contribution is 9.10. The van der Waals surface area contributed by atoms with Crippen molar-refractivity contribution in [1.29, 1.82) is 0 Å². The Hall–Kier alpha value is -1.43. The molecular weight excluding hydrogens is 348 g/mol. The normalized spacial score (nSPS) is 17.0. The van der Waals surface area contributed by atoms with Crippen molar-refractivity contribution in [2.75, 3.05) is 18.5 Å². The number of nitrogens with zero attached hydrogens (tertiary/aromatic N) is 1. The molecule has 0 saturated carbocycles. The van der Waals surface area contributed by atoms with E-state index in [2.05, 4.69) is 26.1 Å². The van der Waals surface area contributed by atoms with Crippen molar-refractivity contribution in [1.82, 2.24) is 5.32 Å². The van der Waals surface area contributed by atoms with E-state index in [1.165, 1.54) is 0 Å². The second-order valence-corrected chi connectivity index (χ2v) is 7.28. The van der Waals surface area contributed by atoms with E-state index in [1.54, 1.807) is 0 Å². The van der Waals surface area contributed by atoms with Crippen molar-refractivity contribution in [3.8, 4) is 5.75 Å². The maximum atomic E-state index is 11.6. The van der Waals surface area contributed by atoms with E-state index in [0.717, 1.165) is 28.8 Å². The molecule has 0 saturated heterocycles. The second-order valence-electron chi connectivity index (χ2n) is 6.37. The Morgan fingerprint density at radius 1 is 1.45 bits per heavy atom. The zero-order valence-electron chi connectivity index (χ0n) is 13.5. The Bertz CT molecular complexity index is 543. The maximum absolute atomic E-state index is 11.6. The Morgan fingerprint density at radius 3 is 2.86 bits per heavy atom. The third-order valence-corrected chi connectivity index (χ3v) is 3.79. The number of benzene rings is 1. The van der Waals surface area contributed by atoms with E-state index in [4.69, 9.17) is 9.47 Å². The molecule has 2 rings (SSSR count). The molecule has 1 N–H and O–H groups in total. The van der Waals surface area contributed by atoms with Crippen molar-refractivity contribution in [3.05, 3.63) is 22.7 Å². The molecule has 1 unspecified atom stereocenters. The molecule has 0 aliphatic carbocycles. The number of anilines is 1. The van der Waals surface area contributed by atoms with Crippen LogP contribution in [0.25, 0.3) is 0 Å². The summed E-state index contributed by atoms with van der Waals surface area (Å²) in [6.07, 6.45) is 1.28. The number of fused-ring (bicyclic) bond motifs is 1. The number of halogens is 1. The minimum Gasteiger partial charge on any atom is -0.468 e. The SMILES string of the molecule is CN1c2cc(Br)ccc2OC1CCCNC(=O)OC(C)(C)C. The van der Waals surface area contributed by atoms with Gasteiger partial charge in [0.2, 0.25) is 0 Å².